The SMILES string of the molecule is CC1(C)CCCC(CN2CCC(N3CCCCC3)C2)C1N. The molecule has 2 aliphatic heterocycles. The highest BCUT2D eigenvalue weighted by Gasteiger charge is 2.38. The number of piperidine rings is 1. The fraction of sp³-hybridized carbons (Fsp3) is 1.00. The van der Waals surface area contributed by atoms with Crippen molar-refractivity contribution >= 4 is 0 Å². The third-order valence-corrected chi connectivity index (χ3v) is 6.45. The smallest absolute Gasteiger partial charge is 0.0235 e. The van der Waals surface area contributed by atoms with E-state index < -0.39 is 0 Å². The summed E-state index contributed by atoms with van der Waals surface area (Å²) in [6.45, 7) is 11.3. The zero-order valence-corrected chi connectivity index (χ0v) is 14.2. The van der Waals surface area contributed by atoms with Crippen molar-refractivity contribution in [3.8, 4) is 0 Å². The first-order valence-electron chi connectivity index (χ1n) is 9.28. The van der Waals surface area contributed by atoms with Crippen LogP contribution in [0.5, 0.6) is 0 Å². The Balaban J connectivity index is 1.50. The van der Waals surface area contributed by atoms with E-state index in [0.717, 1.165) is 6.04 Å². The minimum atomic E-state index is 0.342. The molecule has 0 radical (unpaired) electrons. The molecular weight excluding hydrogens is 258 g/mol. The van der Waals surface area contributed by atoms with Gasteiger partial charge in [0.25, 0.3) is 0 Å². The van der Waals surface area contributed by atoms with Gasteiger partial charge in [0.1, 0.15) is 0 Å². The summed E-state index contributed by atoms with van der Waals surface area (Å²) in [6.07, 6.45) is 9.67. The first-order chi connectivity index (χ1) is 10.1. The normalized spacial score (nSPS) is 38.7. The van der Waals surface area contributed by atoms with E-state index in [-0.39, 0.29) is 0 Å². The Morgan fingerprint density at radius 2 is 1.76 bits per heavy atom. The number of hydrogen-bond acceptors (Lipinski definition) is 3. The maximum Gasteiger partial charge on any atom is 0.0235 e. The van der Waals surface area contributed by atoms with Gasteiger partial charge in [-0.15, -0.1) is 0 Å². The summed E-state index contributed by atoms with van der Waals surface area (Å²) in [6, 6.07) is 1.22. The van der Waals surface area contributed by atoms with Crippen molar-refractivity contribution in [1.82, 2.24) is 9.80 Å². The molecule has 21 heavy (non-hydrogen) atoms. The van der Waals surface area contributed by atoms with Crippen LogP contribution < -0.4 is 5.73 Å². The van der Waals surface area contributed by atoms with Crippen LogP contribution in [0.3, 0.4) is 0 Å². The summed E-state index contributed by atoms with van der Waals surface area (Å²) >= 11 is 0. The van der Waals surface area contributed by atoms with E-state index in [1.807, 2.05) is 0 Å². The summed E-state index contributed by atoms with van der Waals surface area (Å²) in [7, 11) is 0. The van der Waals surface area contributed by atoms with Crippen molar-refractivity contribution in [3.05, 3.63) is 0 Å². The van der Waals surface area contributed by atoms with Gasteiger partial charge in [-0.25, -0.2) is 0 Å². The second-order valence-electron chi connectivity index (χ2n) is 8.47. The second kappa shape index (κ2) is 6.55. The summed E-state index contributed by atoms with van der Waals surface area (Å²) in [5, 5.41) is 0. The fourth-order valence-electron chi connectivity index (χ4n) is 4.90. The molecule has 3 fully saturated rings. The van der Waals surface area contributed by atoms with Crippen LogP contribution in [0.25, 0.3) is 0 Å². The topological polar surface area (TPSA) is 32.5 Å². The molecule has 1 aliphatic carbocycles. The molecular formula is C18H35N3. The van der Waals surface area contributed by atoms with Gasteiger partial charge in [-0.3, -0.25) is 4.90 Å². The third-order valence-electron chi connectivity index (χ3n) is 6.45. The largest absolute Gasteiger partial charge is 0.327 e. The van der Waals surface area contributed by atoms with Crippen molar-refractivity contribution < 1.29 is 0 Å². The van der Waals surface area contributed by atoms with Gasteiger partial charge in [-0.2, -0.15) is 0 Å². The summed E-state index contributed by atoms with van der Waals surface area (Å²) in [5.41, 5.74) is 6.92. The molecule has 3 heteroatoms. The number of likely N-dealkylation sites (tertiary alicyclic amines) is 2. The first kappa shape index (κ1) is 15.8. The van der Waals surface area contributed by atoms with Gasteiger partial charge in [0.15, 0.2) is 0 Å². The quantitative estimate of drug-likeness (QED) is 0.868. The first-order valence-corrected chi connectivity index (χ1v) is 9.28. The third kappa shape index (κ3) is 3.62. The lowest BCUT2D eigenvalue weighted by molar-refractivity contribution is 0.104. The highest BCUT2D eigenvalue weighted by molar-refractivity contribution is 4.94. The lowest BCUT2D eigenvalue weighted by atomic mass is 9.68. The minimum absolute atomic E-state index is 0.342. The van der Waals surface area contributed by atoms with Gasteiger partial charge in [-0.1, -0.05) is 26.7 Å². The highest BCUT2D eigenvalue weighted by atomic mass is 15.3. The Bertz CT molecular complexity index is 335. The van der Waals surface area contributed by atoms with Gasteiger partial charge < -0.3 is 10.6 Å². The molecule has 1 saturated carbocycles. The predicted octanol–water partition coefficient (Wildman–Crippen LogP) is 2.70. The molecule has 2 heterocycles. The molecule has 3 nitrogen and oxygen atoms in total. The Kier molecular flexibility index (Phi) is 4.92. The molecule has 3 atom stereocenters. The van der Waals surface area contributed by atoms with Gasteiger partial charge in [0, 0.05) is 25.2 Å². The summed E-state index contributed by atoms with van der Waals surface area (Å²) in [5.74, 6) is 0.717. The van der Waals surface area contributed by atoms with Crippen molar-refractivity contribution in [2.45, 2.75) is 70.9 Å². The number of nitrogens with two attached hydrogens (primary N) is 1. The molecule has 2 saturated heterocycles. The Morgan fingerprint density at radius 3 is 2.52 bits per heavy atom. The van der Waals surface area contributed by atoms with E-state index in [0.29, 0.717) is 17.4 Å². The van der Waals surface area contributed by atoms with E-state index in [9.17, 15) is 0 Å². The maximum atomic E-state index is 6.58. The van der Waals surface area contributed by atoms with Crippen LogP contribution in [0.15, 0.2) is 0 Å². The van der Waals surface area contributed by atoms with E-state index >= 15 is 0 Å². The molecule has 0 aromatic rings. The molecule has 0 aromatic carbocycles. The van der Waals surface area contributed by atoms with Gasteiger partial charge in [0.05, 0.1) is 0 Å². The molecule has 3 unspecified atom stereocenters. The average Bonchev–Trinajstić information content (AvgIpc) is 2.93. The molecule has 0 amide bonds. The van der Waals surface area contributed by atoms with E-state index in [2.05, 4.69) is 23.6 Å². The van der Waals surface area contributed by atoms with Gasteiger partial charge in [-0.05, 0) is 63.1 Å². The number of hydrogen-bond donors (Lipinski definition) is 1. The van der Waals surface area contributed by atoms with E-state index in [4.69, 9.17) is 5.73 Å². The predicted molar refractivity (Wildman–Crippen MR) is 89.4 cm³/mol. The van der Waals surface area contributed by atoms with Crippen molar-refractivity contribution in [2.24, 2.45) is 17.1 Å². The summed E-state index contributed by atoms with van der Waals surface area (Å²) in [4.78, 5) is 5.47. The monoisotopic (exact) mass is 293 g/mol. The minimum Gasteiger partial charge on any atom is -0.327 e. The van der Waals surface area contributed by atoms with Crippen molar-refractivity contribution in [3.63, 3.8) is 0 Å². The van der Waals surface area contributed by atoms with Crippen molar-refractivity contribution in [1.29, 1.82) is 0 Å². The Morgan fingerprint density at radius 1 is 1.00 bits per heavy atom. The second-order valence-corrected chi connectivity index (χ2v) is 8.47. The molecule has 0 spiro atoms. The lowest BCUT2D eigenvalue weighted by Gasteiger charge is -2.43. The molecule has 2 N–H and O–H groups in total. The molecule has 0 aromatic heterocycles. The van der Waals surface area contributed by atoms with Crippen LogP contribution in [0.2, 0.25) is 0 Å². The van der Waals surface area contributed by atoms with Crippen LogP contribution >= 0.6 is 0 Å². The van der Waals surface area contributed by atoms with Gasteiger partial charge >= 0.3 is 0 Å². The average molecular weight is 293 g/mol. The van der Waals surface area contributed by atoms with E-state index in [1.165, 1.54) is 77.7 Å². The van der Waals surface area contributed by atoms with Crippen LogP contribution in [-0.4, -0.2) is 54.6 Å². The maximum absolute atomic E-state index is 6.58. The molecule has 3 aliphatic rings. The van der Waals surface area contributed by atoms with Crippen LogP contribution in [-0.2, 0) is 0 Å². The van der Waals surface area contributed by atoms with Crippen molar-refractivity contribution in [2.75, 3.05) is 32.7 Å². The number of rotatable bonds is 3. The standard InChI is InChI=1S/C18H35N3/c1-18(2)9-6-7-15(17(18)19)13-20-12-8-16(14-20)21-10-4-3-5-11-21/h15-17H,3-14,19H2,1-2H3. The van der Waals surface area contributed by atoms with Crippen LogP contribution in [0.4, 0.5) is 0 Å². The van der Waals surface area contributed by atoms with E-state index in [1.54, 1.807) is 0 Å². The molecule has 122 valence electrons. The number of nitrogens with zero attached hydrogens (tertiary/aromatic N) is 2. The van der Waals surface area contributed by atoms with Crippen LogP contribution in [0, 0.1) is 11.3 Å². The highest BCUT2D eigenvalue weighted by Crippen LogP contribution is 2.38. The molecule has 3 rings (SSSR count). The van der Waals surface area contributed by atoms with Crippen LogP contribution in [0.1, 0.15) is 58.8 Å². The Labute approximate surface area is 131 Å². The molecule has 0 bridgehead atoms. The zero-order valence-electron chi connectivity index (χ0n) is 14.2. The lowest BCUT2D eigenvalue weighted by Crippen LogP contribution is -2.50. The zero-order chi connectivity index (χ0) is 14.9. The summed E-state index contributed by atoms with van der Waals surface area (Å²) < 4.78 is 0. The fourth-order valence-corrected chi connectivity index (χ4v) is 4.90. The Hall–Kier alpha value is -0.120. The van der Waals surface area contributed by atoms with Gasteiger partial charge in [0.2, 0.25) is 0 Å².